The van der Waals surface area contributed by atoms with Crippen LogP contribution in [0.5, 0.6) is 0 Å². The van der Waals surface area contributed by atoms with Gasteiger partial charge in [-0.05, 0) is 18.6 Å². The van der Waals surface area contributed by atoms with Crippen molar-refractivity contribution in [1.82, 2.24) is 9.36 Å². The molecule has 2 unspecified atom stereocenters. The average Bonchev–Trinajstić information content (AvgIpc) is 2.89. The third-order valence-corrected chi connectivity index (χ3v) is 4.79. The molecule has 0 saturated heterocycles. The molecule has 0 bridgehead atoms. The van der Waals surface area contributed by atoms with Crippen LogP contribution < -0.4 is 5.32 Å². The van der Waals surface area contributed by atoms with Crippen LogP contribution in [0.3, 0.4) is 0 Å². The fraction of sp³-hybridized carbons (Fsp3) is 0.800. The van der Waals surface area contributed by atoms with Crippen LogP contribution in [0.1, 0.15) is 32.0 Å². The van der Waals surface area contributed by atoms with Crippen LogP contribution in [0.25, 0.3) is 0 Å². The molecule has 1 heterocycles. The summed E-state index contributed by atoms with van der Waals surface area (Å²) in [5.74, 6) is -0.0278. The van der Waals surface area contributed by atoms with Gasteiger partial charge in [-0.1, -0.05) is 13.3 Å². The summed E-state index contributed by atoms with van der Waals surface area (Å²) in [5, 5.41) is 3.83. The van der Waals surface area contributed by atoms with E-state index in [0.717, 1.165) is 36.5 Å². The Morgan fingerprint density at radius 2 is 2.22 bits per heavy atom. The van der Waals surface area contributed by atoms with E-state index in [1.54, 1.807) is 0 Å². The highest BCUT2D eigenvalue weighted by Crippen LogP contribution is 2.34. The molecule has 0 amide bonds. The molecule has 0 aliphatic heterocycles. The standard InChI is InChI=1S/C10H14F3N3S2/c1-2-17-7-5-3-4-6(7)14-9-15-8(16-18-9)10(11,12)13/h6-7H,2-5H2,1H3,(H,14,15,16). The highest BCUT2D eigenvalue weighted by Gasteiger charge is 2.36. The third-order valence-electron chi connectivity index (χ3n) is 2.82. The topological polar surface area (TPSA) is 37.8 Å². The smallest absolute Gasteiger partial charge is 0.356 e. The molecule has 0 aromatic carbocycles. The van der Waals surface area contributed by atoms with Crippen LogP contribution in [0.4, 0.5) is 18.3 Å². The van der Waals surface area contributed by atoms with Gasteiger partial charge in [0.2, 0.25) is 11.0 Å². The van der Waals surface area contributed by atoms with Gasteiger partial charge in [-0.2, -0.15) is 34.3 Å². The Kier molecular flexibility index (Phi) is 4.37. The lowest BCUT2D eigenvalue weighted by Crippen LogP contribution is -2.26. The van der Waals surface area contributed by atoms with Crippen LogP contribution in [0.2, 0.25) is 0 Å². The first kappa shape index (κ1) is 13.9. The van der Waals surface area contributed by atoms with Gasteiger partial charge >= 0.3 is 6.18 Å². The van der Waals surface area contributed by atoms with Gasteiger partial charge in [0.05, 0.1) is 0 Å². The zero-order chi connectivity index (χ0) is 13.2. The lowest BCUT2D eigenvalue weighted by Gasteiger charge is -2.19. The maximum absolute atomic E-state index is 12.4. The molecule has 1 aromatic rings. The summed E-state index contributed by atoms with van der Waals surface area (Å²) in [4.78, 5) is 3.50. The Labute approximate surface area is 112 Å². The number of nitrogens with one attached hydrogen (secondary N) is 1. The van der Waals surface area contributed by atoms with Gasteiger partial charge in [0.25, 0.3) is 0 Å². The van der Waals surface area contributed by atoms with E-state index in [2.05, 4.69) is 21.6 Å². The molecule has 102 valence electrons. The molecular formula is C10H14F3N3S2. The van der Waals surface area contributed by atoms with Gasteiger partial charge < -0.3 is 5.32 Å². The Morgan fingerprint density at radius 3 is 2.83 bits per heavy atom. The zero-order valence-electron chi connectivity index (χ0n) is 9.83. The quantitative estimate of drug-likeness (QED) is 0.920. The number of alkyl halides is 3. The van der Waals surface area contributed by atoms with Gasteiger partial charge in [0, 0.05) is 22.8 Å². The summed E-state index contributed by atoms with van der Waals surface area (Å²) in [7, 11) is 0. The highest BCUT2D eigenvalue weighted by molar-refractivity contribution is 7.99. The van der Waals surface area contributed by atoms with Crippen molar-refractivity contribution in [3.05, 3.63) is 5.82 Å². The first-order chi connectivity index (χ1) is 8.50. The summed E-state index contributed by atoms with van der Waals surface area (Å²) < 4.78 is 40.4. The van der Waals surface area contributed by atoms with E-state index in [-0.39, 0.29) is 11.2 Å². The van der Waals surface area contributed by atoms with Crippen LogP contribution in [0.15, 0.2) is 0 Å². The molecule has 1 aliphatic carbocycles. The molecular weight excluding hydrogens is 283 g/mol. The predicted octanol–water partition coefficient (Wildman–Crippen LogP) is 3.64. The van der Waals surface area contributed by atoms with Crippen molar-refractivity contribution in [3.8, 4) is 0 Å². The number of halogens is 3. The fourth-order valence-corrected chi connectivity index (χ4v) is 3.91. The molecule has 1 aromatic heterocycles. The molecule has 1 saturated carbocycles. The van der Waals surface area contributed by atoms with Gasteiger partial charge in [0.1, 0.15) is 0 Å². The fourth-order valence-electron chi connectivity index (χ4n) is 2.06. The van der Waals surface area contributed by atoms with Gasteiger partial charge in [-0.3, -0.25) is 0 Å². The molecule has 8 heteroatoms. The monoisotopic (exact) mass is 297 g/mol. The number of aromatic nitrogens is 2. The second kappa shape index (κ2) is 5.64. The van der Waals surface area contributed by atoms with Gasteiger partial charge in [-0.25, -0.2) is 0 Å². The van der Waals surface area contributed by atoms with Crippen molar-refractivity contribution < 1.29 is 13.2 Å². The number of rotatable bonds is 4. The van der Waals surface area contributed by atoms with Gasteiger partial charge in [0.15, 0.2) is 0 Å². The van der Waals surface area contributed by atoms with E-state index in [1.807, 2.05) is 11.8 Å². The highest BCUT2D eigenvalue weighted by atomic mass is 32.2. The van der Waals surface area contributed by atoms with Crippen molar-refractivity contribution in [3.63, 3.8) is 0 Å². The summed E-state index contributed by atoms with van der Waals surface area (Å²) in [6.45, 7) is 2.09. The van der Waals surface area contributed by atoms with Crippen LogP contribution in [-0.2, 0) is 6.18 Å². The van der Waals surface area contributed by atoms with E-state index in [9.17, 15) is 13.2 Å². The first-order valence-electron chi connectivity index (χ1n) is 5.79. The molecule has 1 aliphatic rings. The Balaban J connectivity index is 1.99. The lowest BCUT2D eigenvalue weighted by atomic mass is 10.2. The van der Waals surface area contributed by atoms with Crippen molar-refractivity contribution in [1.29, 1.82) is 0 Å². The SMILES string of the molecule is CCSC1CCCC1Nc1nc(C(F)(F)F)ns1. The van der Waals surface area contributed by atoms with E-state index in [1.165, 1.54) is 0 Å². The average molecular weight is 297 g/mol. The van der Waals surface area contributed by atoms with Crippen molar-refractivity contribution >= 4 is 28.4 Å². The van der Waals surface area contributed by atoms with E-state index >= 15 is 0 Å². The second-order valence-corrected chi connectivity index (χ2v) is 6.36. The molecule has 1 N–H and O–H groups in total. The molecule has 2 atom stereocenters. The number of thioether (sulfide) groups is 1. The minimum absolute atomic E-state index is 0.212. The van der Waals surface area contributed by atoms with Crippen molar-refractivity contribution in [2.75, 3.05) is 11.1 Å². The summed E-state index contributed by atoms with van der Waals surface area (Å²) in [5.41, 5.74) is 0. The number of hydrogen-bond donors (Lipinski definition) is 1. The summed E-state index contributed by atoms with van der Waals surface area (Å²) >= 11 is 2.63. The summed E-state index contributed by atoms with van der Waals surface area (Å²) in [6, 6.07) is 0.212. The molecule has 18 heavy (non-hydrogen) atoms. The molecule has 1 fully saturated rings. The Hall–Kier alpha value is -0.500. The minimum Gasteiger partial charge on any atom is -0.356 e. The van der Waals surface area contributed by atoms with Crippen LogP contribution >= 0.6 is 23.3 Å². The normalized spacial score (nSPS) is 24.4. The number of nitrogens with zero attached hydrogens (tertiary/aromatic N) is 2. The second-order valence-electron chi connectivity index (χ2n) is 4.10. The lowest BCUT2D eigenvalue weighted by molar-refractivity contribution is -0.144. The van der Waals surface area contributed by atoms with Crippen LogP contribution in [-0.4, -0.2) is 26.4 Å². The Morgan fingerprint density at radius 1 is 1.44 bits per heavy atom. The predicted molar refractivity (Wildman–Crippen MR) is 68.1 cm³/mol. The molecule has 0 spiro atoms. The first-order valence-corrected chi connectivity index (χ1v) is 7.62. The molecule has 0 radical (unpaired) electrons. The van der Waals surface area contributed by atoms with E-state index in [4.69, 9.17) is 0 Å². The maximum atomic E-state index is 12.4. The zero-order valence-corrected chi connectivity index (χ0v) is 11.5. The summed E-state index contributed by atoms with van der Waals surface area (Å²) in [6.07, 6.45) is -1.25. The molecule has 3 nitrogen and oxygen atoms in total. The number of hydrogen-bond acceptors (Lipinski definition) is 5. The largest absolute Gasteiger partial charge is 0.452 e. The van der Waals surface area contributed by atoms with Gasteiger partial charge in [-0.15, -0.1) is 0 Å². The van der Waals surface area contributed by atoms with Crippen LogP contribution in [0, 0.1) is 0 Å². The van der Waals surface area contributed by atoms with Crippen molar-refractivity contribution in [2.45, 2.75) is 43.7 Å². The number of anilines is 1. The maximum Gasteiger partial charge on any atom is 0.452 e. The van der Waals surface area contributed by atoms with E-state index in [0.29, 0.717) is 5.25 Å². The third kappa shape index (κ3) is 3.28. The van der Waals surface area contributed by atoms with E-state index < -0.39 is 12.0 Å². The molecule has 2 rings (SSSR count). The Bertz CT molecular complexity index is 394. The van der Waals surface area contributed by atoms with Crippen molar-refractivity contribution in [2.24, 2.45) is 0 Å². The minimum atomic E-state index is -4.45.